The van der Waals surface area contributed by atoms with Crippen molar-refractivity contribution in [2.75, 3.05) is 0 Å². The normalized spacial score (nSPS) is 16.7. The highest BCUT2D eigenvalue weighted by Gasteiger charge is 2.25. The van der Waals surface area contributed by atoms with Gasteiger partial charge in [-0.25, -0.2) is 4.52 Å². The summed E-state index contributed by atoms with van der Waals surface area (Å²) in [6.07, 6.45) is 8.26. The van der Waals surface area contributed by atoms with Crippen LogP contribution in [0.5, 0.6) is 0 Å². The molecule has 2 aromatic heterocycles. The molecule has 0 bridgehead atoms. The largest absolute Gasteiger partial charge is 0.257 e. The van der Waals surface area contributed by atoms with E-state index in [0.717, 1.165) is 9.99 Å². The molecular weight excluding hydrogens is 230 g/mol. The van der Waals surface area contributed by atoms with Crippen LogP contribution >= 0.6 is 15.9 Å². The first-order valence-corrected chi connectivity index (χ1v) is 5.12. The predicted molar refractivity (Wildman–Crippen MR) is 52.7 cm³/mol. The van der Waals surface area contributed by atoms with Crippen LogP contribution < -0.4 is 0 Å². The summed E-state index contributed by atoms with van der Waals surface area (Å²) in [6, 6.07) is 0. The smallest absolute Gasteiger partial charge is 0.0987 e. The summed E-state index contributed by atoms with van der Waals surface area (Å²) in [4.78, 5) is 4.41. The maximum atomic E-state index is 4.41. The fourth-order valence-electron chi connectivity index (χ4n) is 1.46. The van der Waals surface area contributed by atoms with E-state index < -0.39 is 0 Å². The van der Waals surface area contributed by atoms with E-state index in [4.69, 9.17) is 0 Å². The van der Waals surface area contributed by atoms with Crippen LogP contribution in [0.1, 0.15) is 24.5 Å². The van der Waals surface area contributed by atoms with Crippen molar-refractivity contribution in [1.82, 2.24) is 14.6 Å². The predicted octanol–water partition coefficient (Wildman–Crippen LogP) is 2.37. The first-order valence-electron chi connectivity index (χ1n) is 4.33. The lowest BCUT2D eigenvalue weighted by molar-refractivity contribution is 0.895. The molecule has 0 aliphatic heterocycles. The monoisotopic (exact) mass is 237 g/mol. The van der Waals surface area contributed by atoms with Gasteiger partial charge in [0.05, 0.1) is 34.3 Å². The van der Waals surface area contributed by atoms with E-state index in [1.807, 2.05) is 16.9 Å². The van der Waals surface area contributed by atoms with Crippen LogP contribution in [0.2, 0.25) is 0 Å². The number of rotatable bonds is 1. The number of hydrogen-bond donors (Lipinski definition) is 0. The van der Waals surface area contributed by atoms with E-state index in [9.17, 15) is 0 Å². The van der Waals surface area contributed by atoms with Crippen LogP contribution in [0.15, 0.2) is 23.1 Å². The minimum atomic E-state index is 0.687. The van der Waals surface area contributed by atoms with Gasteiger partial charge in [-0.05, 0) is 28.8 Å². The van der Waals surface area contributed by atoms with Gasteiger partial charge in [-0.3, -0.25) is 4.98 Å². The van der Waals surface area contributed by atoms with Gasteiger partial charge in [0.25, 0.3) is 0 Å². The third kappa shape index (κ3) is 1.16. The molecule has 13 heavy (non-hydrogen) atoms. The highest BCUT2D eigenvalue weighted by molar-refractivity contribution is 9.10. The molecule has 1 fully saturated rings. The second-order valence-corrected chi connectivity index (χ2v) is 4.26. The number of halogens is 1. The van der Waals surface area contributed by atoms with Crippen molar-refractivity contribution in [3.05, 3.63) is 28.8 Å². The molecule has 0 atom stereocenters. The van der Waals surface area contributed by atoms with Gasteiger partial charge in [0.15, 0.2) is 0 Å². The maximum absolute atomic E-state index is 4.41. The molecule has 3 rings (SSSR count). The average Bonchev–Trinajstić information content (AvgIpc) is 2.93. The van der Waals surface area contributed by atoms with Crippen molar-refractivity contribution in [1.29, 1.82) is 0 Å². The molecule has 2 aromatic rings. The maximum Gasteiger partial charge on any atom is 0.0987 e. The minimum absolute atomic E-state index is 0.687. The SMILES string of the molecule is Brc1cnn2cc(C3CC3)ncc12. The highest BCUT2D eigenvalue weighted by Crippen LogP contribution is 2.38. The first-order chi connectivity index (χ1) is 6.34. The molecule has 0 saturated heterocycles. The van der Waals surface area contributed by atoms with E-state index in [-0.39, 0.29) is 0 Å². The average molecular weight is 238 g/mol. The third-order valence-corrected chi connectivity index (χ3v) is 2.98. The minimum Gasteiger partial charge on any atom is -0.257 e. The lowest BCUT2D eigenvalue weighted by atomic mass is 10.3. The van der Waals surface area contributed by atoms with Crippen molar-refractivity contribution in [2.24, 2.45) is 0 Å². The Morgan fingerprint density at radius 1 is 1.38 bits per heavy atom. The molecular formula is C9H8BrN3. The Morgan fingerprint density at radius 3 is 3.00 bits per heavy atom. The molecule has 0 N–H and O–H groups in total. The Bertz CT molecular complexity index is 459. The van der Waals surface area contributed by atoms with Crippen LogP contribution in [-0.4, -0.2) is 14.6 Å². The molecule has 1 saturated carbocycles. The number of hydrogen-bond acceptors (Lipinski definition) is 2. The van der Waals surface area contributed by atoms with E-state index in [0.29, 0.717) is 5.92 Å². The Morgan fingerprint density at radius 2 is 2.23 bits per heavy atom. The molecule has 3 nitrogen and oxygen atoms in total. The number of nitrogens with zero attached hydrogens (tertiary/aromatic N) is 3. The van der Waals surface area contributed by atoms with Gasteiger partial charge in [0.1, 0.15) is 0 Å². The first kappa shape index (κ1) is 7.50. The molecule has 0 amide bonds. The van der Waals surface area contributed by atoms with Crippen molar-refractivity contribution < 1.29 is 0 Å². The van der Waals surface area contributed by atoms with E-state index in [2.05, 4.69) is 26.0 Å². The molecule has 1 aliphatic rings. The Balaban J connectivity index is 2.21. The Hall–Kier alpha value is -0.900. The van der Waals surface area contributed by atoms with Gasteiger partial charge < -0.3 is 0 Å². The fourth-order valence-corrected chi connectivity index (χ4v) is 1.83. The summed E-state index contributed by atoms with van der Waals surface area (Å²) in [7, 11) is 0. The Labute approximate surface area is 83.9 Å². The van der Waals surface area contributed by atoms with E-state index in [1.54, 1.807) is 6.20 Å². The van der Waals surface area contributed by atoms with Gasteiger partial charge in [0.2, 0.25) is 0 Å². The fraction of sp³-hybridized carbons (Fsp3) is 0.333. The second kappa shape index (κ2) is 2.54. The summed E-state index contributed by atoms with van der Waals surface area (Å²) in [6.45, 7) is 0. The van der Waals surface area contributed by atoms with Gasteiger partial charge in [0, 0.05) is 5.92 Å². The lowest BCUT2D eigenvalue weighted by Gasteiger charge is -1.97. The van der Waals surface area contributed by atoms with Gasteiger partial charge in [-0.1, -0.05) is 0 Å². The molecule has 2 heterocycles. The lowest BCUT2D eigenvalue weighted by Crippen LogP contribution is -1.93. The van der Waals surface area contributed by atoms with Gasteiger partial charge in [-0.15, -0.1) is 0 Å². The van der Waals surface area contributed by atoms with Crippen LogP contribution in [0.3, 0.4) is 0 Å². The quantitative estimate of drug-likeness (QED) is 0.763. The zero-order chi connectivity index (χ0) is 8.84. The van der Waals surface area contributed by atoms with Crippen molar-refractivity contribution >= 4 is 21.4 Å². The summed E-state index contributed by atoms with van der Waals surface area (Å²) in [5, 5.41) is 4.22. The standard InChI is InChI=1S/C9H8BrN3/c10-7-3-12-13-5-8(6-1-2-6)11-4-9(7)13/h3-6H,1-2H2. The highest BCUT2D eigenvalue weighted by atomic mass is 79.9. The summed E-state index contributed by atoms with van der Waals surface area (Å²) in [5.74, 6) is 0.687. The van der Waals surface area contributed by atoms with Gasteiger partial charge >= 0.3 is 0 Å². The molecule has 0 unspecified atom stereocenters. The zero-order valence-corrected chi connectivity index (χ0v) is 8.53. The van der Waals surface area contributed by atoms with Crippen LogP contribution in [0.4, 0.5) is 0 Å². The van der Waals surface area contributed by atoms with Crippen molar-refractivity contribution in [2.45, 2.75) is 18.8 Å². The molecule has 0 spiro atoms. The van der Waals surface area contributed by atoms with Crippen LogP contribution in [0.25, 0.3) is 5.52 Å². The van der Waals surface area contributed by atoms with Crippen LogP contribution in [0, 0.1) is 0 Å². The van der Waals surface area contributed by atoms with Crippen molar-refractivity contribution in [3.63, 3.8) is 0 Å². The number of aromatic nitrogens is 3. The van der Waals surface area contributed by atoms with E-state index in [1.165, 1.54) is 18.5 Å². The second-order valence-electron chi connectivity index (χ2n) is 3.41. The molecule has 1 aliphatic carbocycles. The molecule has 66 valence electrons. The van der Waals surface area contributed by atoms with Gasteiger partial charge in [-0.2, -0.15) is 5.10 Å². The molecule has 0 radical (unpaired) electrons. The van der Waals surface area contributed by atoms with Crippen molar-refractivity contribution in [3.8, 4) is 0 Å². The summed E-state index contributed by atoms with van der Waals surface area (Å²) < 4.78 is 2.88. The topological polar surface area (TPSA) is 30.2 Å². The molecule has 0 aromatic carbocycles. The summed E-state index contributed by atoms with van der Waals surface area (Å²) in [5.41, 5.74) is 2.20. The summed E-state index contributed by atoms with van der Waals surface area (Å²) >= 11 is 3.42. The molecule has 4 heteroatoms. The van der Waals surface area contributed by atoms with E-state index >= 15 is 0 Å². The zero-order valence-electron chi connectivity index (χ0n) is 6.94. The number of fused-ring (bicyclic) bond motifs is 1. The van der Waals surface area contributed by atoms with Crippen LogP contribution in [-0.2, 0) is 0 Å². The third-order valence-electron chi connectivity index (χ3n) is 2.37. The Kier molecular flexibility index (Phi) is 1.47.